The second-order valence-electron chi connectivity index (χ2n) is 5.58. The second-order valence-corrected chi connectivity index (χ2v) is 5.58. The Balaban J connectivity index is 1.99. The van der Waals surface area contributed by atoms with Gasteiger partial charge in [-0.3, -0.25) is 9.69 Å². The lowest BCUT2D eigenvalue weighted by Crippen LogP contribution is -2.57. The lowest BCUT2D eigenvalue weighted by atomic mass is 9.71. The maximum absolute atomic E-state index is 11.6. The van der Waals surface area contributed by atoms with Crippen molar-refractivity contribution in [2.24, 2.45) is 5.92 Å². The summed E-state index contributed by atoms with van der Waals surface area (Å²) in [6.07, 6.45) is 5.24. The Bertz CT molecular complexity index is 295. The highest BCUT2D eigenvalue weighted by Gasteiger charge is 2.44. The molecule has 2 aliphatic rings. The van der Waals surface area contributed by atoms with Crippen LogP contribution in [0, 0.1) is 5.92 Å². The summed E-state index contributed by atoms with van der Waals surface area (Å²) in [7, 11) is 1.68. The minimum absolute atomic E-state index is 0.0752. The zero-order valence-electron chi connectivity index (χ0n) is 10.9. The van der Waals surface area contributed by atoms with Gasteiger partial charge in [-0.15, -0.1) is 0 Å². The van der Waals surface area contributed by atoms with Crippen LogP contribution in [-0.2, 0) is 4.79 Å². The van der Waals surface area contributed by atoms with E-state index in [0.29, 0.717) is 5.92 Å². The molecule has 3 unspecified atom stereocenters. The topological polar surface area (TPSA) is 52.6 Å². The van der Waals surface area contributed by atoms with Crippen LogP contribution < -0.4 is 5.32 Å². The first-order valence-corrected chi connectivity index (χ1v) is 6.75. The third-order valence-corrected chi connectivity index (χ3v) is 4.63. The Labute approximate surface area is 103 Å². The second kappa shape index (κ2) is 4.94. The molecule has 2 rings (SSSR count). The molecule has 1 saturated heterocycles. The van der Waals surface area contributed by atoms with E-state index in [9.17, 15) is 9.90 Å². The summed E-state index contributed by atoms with van der Waals surface area (Å²) in [5, 5.41) is 13.3. The van der Waals surface area contributed by atoms with E-state index in [0.717, 1.165) is 38.8 Å². The summed E-state index contributed by atoms with van der Waals surface area (Å²) in [4.78, 5) is 13.8. The van der Waals surface area contributed by atoms with Crippen LogP contribution in [-0.4, -0.2) is 47.7 Å². The molecule has 17 heavy (non-hydrogen) atoms. The lowest BCUT2D eigenvalue weighted by Gasteiger charge is -2.48. The molecule has 0 aromatic carbocycles. The van der Waals surface area contributed by atoms with Crippen molar-refractivity contribution in [3.8, 4) is 0 Å². The number of nitrogens with one attached hydrogen (secondary N) is 1. The van der Waals surface area contributed by atoms with Crippen LogP contribution in [0.2, 0.25) is 0 Å². The summed E-state index contributed by atoms with van der Waals surface area (Å²) in [6, 6.07) is -0.0773. The smallest absolute Gasteiger partial charge is 0.236 e. The molecular formula is C13H24N2O2. The number of fused-ring (bicyclic) bond motifs is 1. The van der Waals surface area contributed by atoms with Crippen molar-refractivity contribution in [3.63, 3.8) is 0 Å². The van der Waals surface area contributed by atoms with Crippen LogP contribution in [0.15, 0.2) is 0 Å². The van der Waals surface area contributed by atoms with E-state index in [2.05, 4.69) is 10.2 Å². The van der Waals surface area contributed by atoms with Crippen molar-refractivity contribution < 1.29 is 9.90 Å². The number of piperidine rings is 1. The van der Waals surface area contributed by atoms with Gasteiger partial charge >= 0.3 is 0 Å². The van der Waals surface area contributed by atoms with Gasteiger partial charge in [-0.1, -0.05) is 12.8 Å². The molecule has 0 bridgehead atoms. The summed E-state index contributed by atoms with van der Waals surface area (Å²) < 4.78 is 0. The summed E-state index contributed by atoms with van der Waals surface area (Å²) in [5.41, 5.74) is -0.447. The van der Waals surface area contributed by atoms with Crippen molar-refractivity contribution in [2.45, 2.75) is 50.7 Å². The predicted molar refractivity (Wildman–Crippen MR) is 66.6 cm³/mol. The van der Waals surface area contributed by atoms with Gasteiger partial charge in [-0.25, -0.2) is 0 Å². The molecular weight excluding hydrogens is 216 g/mol. The normalized spacial score (nSPS) is 36.1. The van der Waals surface area contributed by atoms with Crippen LogP contribution in [0.3, 0.4) is 0 Å². The van der Waals surface area contributed by atoms with E-state index < -0.39 is 5.60 Å². The number of hydrogen-bond acceptors (Lipinski definition) is 3. The fourth-order valence-electron chi connectivity index (χ4n) is 3.32. The van der Waals surface area contributed by atoms with E-state index in [1.54, 1.807) is 7.05 Å². The first-order valence-electron chi connectivity index (χ1n) is 6.75. The number of rotatable bonds is 2. The van der Waals surface area contributed by atoms with Crippen LogP contribution in [0.5, 0.6) is 0 Å². The monoisotopic (exact) mass is 240 g/mol. The Kier molecular flexibility index (Phi) is 3.73. The first kappa shape index (κ1) is 12.8. The lowest BCUT2D eigenvalue weighted by molar-refractivity contribution is -0.133. The zero-order valence-corrected chi connectivity index (χ0v) is 10.9. The van der Waals surface area contributed by atoms with Gasteiger partial charge in [-0.05, 0) is 26.2 Å². The molecule has 1 heterocycles. The molecule has 2 fully saturated rings. The fraction of sp³-hybridized carbons (Fsp3) is 0.923. The number of carbonyl (C=O) groups is 1. The first-order chi connectivity index (χ1) is 8.07. The third-order valence-electron chi connectivity index (χ3n) is 4.63. The maximum atomic E-state index is 11.6. The molecule has 1 saturated carbocycles. The van der Waals surface area contributed by atoms with Crippen molar-refractivity contribution in [1.82, 2.24) is 10.2 Å². The Morgan fingerprint density at radius 1 is 1.47 bits per heavy atom. The van der Waals surface area contributed by atoms with E-state index >= 15 is 0 Å². The van der Waals surface area contributed by atoms with Crippen molar-refractivity contribution >= 4 is 5.91 Å². The number of amides is 1. The quantitative estimate of drug-likeness (QED) is 0.749. The molecule has 1 aliphatic carbocycles. The van der Waals surface area contributed by atoms with Gasteiger partial charge in [0.1, 0.15) is 0 Å². The Hall–Kier alpha value is -0.610. The number of likely N-dealkylation sites (N-methyl/N-ethyl adjacent to an activating group) is 1. The van der Waals surface area contributed by atoms with Crippen LogP contribution >= 0.6 is 0 Å². The van der Waals surface area contributed by atoms with Crippen LogP contribution in [0.4, 0.5) is 0 Å². The van der Waals surface area contributed by atoms with Gasteiger partial charge in [-0.2, -0.15) is 0 Å². The molecule has 4 nitrogen and oxygen atoms in total. The highest BCUT2D eigenvalue weighted by Crippen LogP contribution is 2.40. The highest BCUT2D eigenvalue weighted by molar-refractivity contribution is 5.80. The number of likely N-dealkylation sites (tertiary alicyclic amines) is 1. The standard InChI is InChI=1S/C13H24N2O2/c1-10(12(16)14-2)15-8-7-13(17)6-4-3-5-11(13)9-15/h10-11,17H,3-9H2,1-2H3,(H,14,16). The molecule has 1 amide bonds. The van der Waals surface area contributed by atoms with Gasteiger partial charge in [0.25, 0.3) is 0 Å². The molecule has 0 radical (unpaired) electrons. The zero-order chi connectivity index (χ0) is 12.5. The van der Waals surface area contributed by atoms with Crippen molar-refractivity contribution in [2.75, 3.05) is 20.1 Å². The Morgan fingerprint density at radius 2 is 2.24 bits per heavy atom. The number of hydrogen-bond donors (Lipinski definition) is 2. The molecule has 2 N–H and O–H groups in total. The molecule has 1 aliphatic heterocycles. The third kappa shape index (κ3) is 2.47. The van der Waals surface area contributed by atoms with Crippen LogP contribution in [0.1, 0.15) is 39.0 Å². The average molecular weight is 240 g/mol. The van der Waals surface area contributed by atoms with Gasteiger partial charge in [0.05, 0.1) is 11.6 Å². The molecule has 0 aromatic rings. The van der Waals surface area contributed by atoms with Gasteiger partial charge < -0.3 is 10.4 Å². The largest absolute Gasteiger partial charge is 0.390 e. The average Bonchev–Trinajstić information content (AvgIpc) is 2.35. The molecule has 0 spiro atoms. The SMILES string of the molecule is CNC(=O)C(C)N1CCC2(O)CCCCC2C1. The van der Waals surface area contributed by atoms with Gasteiger partial charge in [0.2, 0.25) is 5.91 Å². The van der Waals surface area contributed by atoms with E-state index in [-0.39, 0.29) is 11.9 Å². The van der Waals surface area contributed by atoms with E-state index in [4.69, 9.17) is 0 Å². The van der Waals surface area contributed by atoms with Crippen molar-refractivity contribution in [3.05, 3.63) is 0 Å². The van der Waals surface area contributed by atoms with Gasteiger partial charge in [0.15, 0.2) is 0 Å². The highest BCUT2D eigenvalue weighted by atomic mass is 16.3. The summed E-state index contributed by atoms with van der Waals surface area (Å²) in [5.74, 6) is 0.434. The molecule has 4 heteroatoms. The van der Waals surface area contributed by atoms with E-state index in [1.165, 1.54) is 6.42 Å². The molecule has 0 aromatic heterocycles. The van der Waals surface area contributed by atoms with E-state index in [1.807, 2.05) is 6.92 Å². The fourth-order valence-corrected chi connectivity index (χ4v) is 3.32. The van der Waals surface area contributed by atoms with Crippen molar-refractivity contribution in [1.29, 1.82) is 0 Å². The Morgan fingerprint density at radius 3 is 2.94 bits per heavy atom. The molecule has 98 valence electrons. The number of nitrogens with zero attached hydrogens (tertiary/aromatic N) is 1. The summed E-state index contributed by atoms with van der Waals surface area (Å²) in [6.45, 7) is 3.65. The van der Waals surface area contributed by atoms with Gasteiger partial charge in [0, 0.05) is 26.1 Å². The minimum Gasteiger partial charge on any atom is -0.390 e. The minimum atomic E-state index is -0.447. The van der Waals surface area contributed by atoms with Crippen LogP contribution in [0.25, 0.3) is 0 Å². The maximum Gasteiger partial charge on any atom is 0.236 e. The summed E-state index contributed by atoms with van der Waals surface area (Å²) >= 11 is 0. The number of carbonyl (C=O) groups excluding carboxylic acids is 1. The molecule has 3 atom stereocenters. The number of aliphatic hydroxyl groups is 1. The predicted octanol–water partition coefficient (Wildman–Crippen LogP) is 0.748.